The van der Waals surface area contributed by atoms with E-state index in [0.29, 0.717) is 5.56 Å². The Morgan fingerprint density at radius 1 is 0.875 bits per heavy atom. The van der Waals surface area contributed by atoms with E-state index in [1.165, 1.54) is 26.2 Å². The van der Waals surface area contributed by atoms with Crippen molar-refractivity contribution in [3.05, 3.63) is 83.7 Å². The Bertz CT molecular complexity index is 1110. The maximum Gasteiger partial charge on any atom is 0.328 e. The first-order valence-corrected chi connectivity index (χ1v) is 10.2. The fraction of sp³-hybridized carbons (Fsp3) is 0.240. The summed E-state index contributed by atoms with van der Waals surface area (Å²) >= 11 is 0. The van der Waals surface area contributed by atoms with Gasteiger partial charge in [0.2, 0.25) is 11.8 Å². The van der Waals surface area contributed by atoms with E-state index in [0.717, 1.165) is 16.3 Å². The molecule has 0 radical (unpaired) electrons. The van der Waals surface area contributed by atoms with Crippen LogP contribution >= 0.6 is 0 Å². The lowest BCUT2D eigenvalue weighted by atomic mass is 9.98. The van der Waals surface area contributed by atoms with Crippen LogP contribution < -0.4 is 10.6 Å². The van der Waals surface area contributed by atoms with Crippen molar-refractivity contribution in [1.82, 2.24) is 10.6 Å². The molecule has 6 nitrogen and oxygen atoms in total. The smallest absolute Gasteiger partial charge is 0.328 e. The molecule has 0 aliphatic rings. The van der Waals surface area contributed by atoms with Gasteiger partial charge in [0.1, 0.15) is 17.9 Å². The van der Waals surface area contributed by atoms with Crippen LogP contribution in [-0.2, 0) is 32.0 Å². The summed E-state index contributed by atoms with van der Waals surface area (Å²) in [5, 5.41) is 7.31. The molecule has 3 aromatic carbocycles. The molecule has 0 saturated heterocycles. The summed E-state index contributed by atoms with van der Waals surface area (Å²) in [6, 6.07) is 17.3. The van der Waals surface area contributed by atoms with E-state index < -0.39 is 35.7 Å². The molecule has 0 saturated carbocycles. The molecular weight excluding hydrogens is 411 g/mol. The second kappa shape index (κ2) is 10.5. The van der Waals surface area contributed by atoms with Crippen LogP contribution in [0.25, 0.3) is 10.8 Å². The van der Waals surface area contributed by atoms with Gasteiger partial charge in [0, 0.05) is 19.8 Å². The van der Waals surface area contributed by atoms with Crippen LogP contribution in [0.5, 0.6) is 0 Å². The number of ether oxygens (including phenoxy) is 1. The van der Waals surface area contributed by atoms with E-state index in [4.69, 9.17) is 4.74 Å². The van der Waals surface area contributed by atoms with E-state index in [9.17, 15) is 18.8 Å². The van der Waals surface area contributed by atoms with Crippen LogP contribution in [0.15, 0.2) is 66.7 Å². The Kier molecular flexibility index (Phi) is 7.54. The highest BCUT2D eigenvalue weighted by Crippen LogP contribution is 2.20. The maximum absolute atomic E-state index is 13.2. The number of benzene rings is 3. The fourth-order valence-electron chi connectivity index (χ4n) is 3.61. The minimum absolute atomic E-state index is 0.147. The minimum Gasteiger partial charge on any atom is -0.467 e. The third-order valence-electron chi connectivity index (χ3n) is 5.15. The van der Waals surface area contributed by atoms with Gasteiger partial charge in [-0.3, -0.25) is 9.59 Å². The molecule has 0 spiro atoms. The summed E-state index contributed by atoms with van der Waals surface area (Å²) in [4.78, 5) is 37.2. The number of nitrogens with one attached hydrogen (secondary N) is 2. The SMILES string of the molecule is COC(=O)[C@H](Cc1cccc2ccccc12)NC(=O)[C@H](Cc1ccc(F)cc1)NC(C)=O. The monoisotopic (exact) mass is 436 g/mol. The Labute approximate surface area is 185 Å². The Morgan fingerprint density at radius 2 is 1.56 bits per heavy atom. The van der Waals surface area contributed by atoms with Crippen molar-refractivity contribution in [2.45, 2.75) is 31.8 Å². The average molecular weight is 436 g/mol. The molecule has 0 aliphatic carbocycles. The van der Waals surface area contributed by atoms with Crippen molar-refractivity contribution >= 4 is 28.6 Å². The molecule has 0 unspecified atom stereocenters. The van der Waals surface area contributed by atoms with E-state index >= 15 is 0 Å². The van der Waals surface area contributed by atoms with Crippen molar-refractivity contribution in [2.24, 2.45) is 0 Å². The first-order chi connectivity index (χ1) is 15.4. The lowest BCUT2D eigenvalue weighted by Gasteiger charge is -2.22. The molecule has 2 N–H and O–H groups in total. The fourth-order valence-corrected chi connectivity index (χ4v) is 3.61. The van der Waals surface area contributed by atoms with Gasteiger partial charge in [-0.1, -0.05) is 54.6 Å². The summed E-state index contributed by atoms with van der Waals surface area (Å²) in [5.41, 5.74) is 1.55. The van der Waals surface area contributed by atoms with E-state index in [2.05, 4.69) is 10.6 Å². The number of halogens is 1. The van der Waals surface area contributed by atoms with Crippen LogP contribution in [0.3, 0.4) is 0 Å². The second-order valence-corrected chi connectivity index (χ2v) is 7.51. The highest BCUT2D eigenvalue weighted by Gasteiger charge is 2.27. The lowest BCUT2D eigenvalue weighted by Crippen LogP contribution is -2.53. The van der Waals surface area contributed by atoms with Gasteiger partial charge in [-0.05, 0) is 34.0 Å². The van der Waals surface area contributed by atoms with Crippen molar-refractivity contribution < 1.29 is 23.5 Å². The zero-order chi connectivity index (χ0) is 23.1. The van der Waals surface area contributed by atoms with Gasteiger partial charge >= 0.3 is 5.97 Å². The molecule has 166 valence electrons. The molecular formula is C25H25FN2O4. The maximum atomic E-state index is 13.2. The topological polar surface area (TPSA) is 84.5 Å². The molecule has 0 aromatic heterocycles. The third-order valence-corrected chi connectivity index (χ3v) is 5.15. The van der Waals surface area contributed by atoms with Gasteiger partial charge < -0.3 is 15.4 Å². The second-order valence-electron chi connectivity index (χ2n) is 7.51. The highest BCUT2D eigenvalue weighted by molar-refractivity contribution is 5.91. The molecule has 0 aliphatic heterocycles. The van der Waals surface area contributed by atoms with Crippen LogP contribution in [0.1, 0.15) is 18.1 Å². The van der Waals surface area contributed by atoms with Gasteiger partial charge in [0.25, 0.3) is 0 Å². The largest absolute Gasteiger partial charge is 0.467 e. The number of hydrogen-bond acceptors (Lipinski definition) is 4. The van der Waals surface area contributed by atoms with Gasteiger partial charge in [-0.15, -0.1) is 0 Å². The minimum atomic E-state index is -0.942. The van der Waals surface area contributed by atoms with Crippen molar-refractivity contribution in [1.29, 1.82) is 0 Å². The van der Waals surface area contributed by atoms with Gasteiger partial charge in [0.15, 0.2) is 0 Å². The summed E-state index contributed by atoms with van der Waals surface area (Å²) in [6.07, 6.45) is 0.372. The van der Waals surface area contributed by atoms with Crippen LogP contribution in [0.4, 0.5) is 4.39 Å². The predicted molar refractivity (Wildman–Crippen MR) is 119 cm³/mol. The summed E-state index contributed by atoms with van der Waals surface area (Å²) in [6.45, 7) is 1.30. The van der Waals surface area contributed by atoms with Gasteiger partial charge in [0.05, 0.1) is 7.11 Å². The Morgan fingerprint density at radius 3 is 2.25 bits per heavy atom. The molecule has 7 heteroatoms. The summed E-state index contributed by atoms with van der Waals surface area (Å²) < 4.78 is 18.1. The lowest BCUT2D eigenvalue weighted by molar-refractivity contribution is -0.145. The molecule has 0 bridgehead atoms. The number of esters is 1. The van der Waals surface area contributed by atoms with Crippen molar-refractivity contribution in [3.63, 3.8) is 0 Å². The number of carbonyl (C=O) groups excluding carboxylic acids is 3. The molecule has 32 heavy (non-hydrogen) atoms. The number of methoxy groups -OCH3 is 1. The van der Waals surface area contributed by atoms with Gasteiger partial charge in [-0.2, -0.15) is 0 Å². The van der Waals surface area contributed by atoms with Crippen LogP contribution in [0.2, 0.25) is 0 Å². The number of carbonyl (C=O) groups is 3. The zero-order valence-corrected chi connectivity index (χ0v) is 17.9. The Balaban J connectivity index is 1.81. The van der Waals surface area contributed by atoms with E-state index in [1.807, 2.05) is 42.5 Å². The number of amides is 2. The van der Waals surface area contributed by atoms with Crippen LogP contribution in [-0.4, -0.2) is 37.0 Å². The average Bonchev–Trinajstić information content (AvgIpc) is 2.79. The number of fused-ring (bicyclic) bond motifs is 1. The summed E-state index contributed by atoms with van der Waals surface area (Å²) in [7, 11) is 1.26. The first-order valence-electron chi connectivity index (χ1n) is 10.2. The third kappa shape index (κ3) is 5.91. The zero-order valence-electron chi connectivity index (χ0n) is 17.9. The first kappa shape index (κ1) is 22.9. The van der Waals surface area contributed by atoms with E-state index in [1.54, 1.807) is 12.1 Å². The Hall–Kier alpha value is -3.74. The standard InChI is InChI=1S/C25H25FN2O4/c1-16(29)27-22(14-17-10-12-20(26)13-11-17)24(30)28-23(25(31)32-2)15-19-8-5-7-18-6-3-4-9-21(18)19/h3-13,22-23H,14-15H2,1-2H3,(H,27,29)(H,28,30)/t22-,23-/m0/s1. The molecule has 0 heterocycles. The molecule has 0 fully saturated rings. The van der Waals surface area contributed by atoms with Crippen molar-refractivity contribution in [2.75, 3.05) is 7.11 Å². The molecule has 3 aromatic rings. The van der Waals surface area contributed by atoms with Crippen molar-refractivity contribution in [3.8, 4) is 0 Å². The molecule has 3 rings (SSSR count). The molecule has 2 amide bonds. The summed E-state index contributed by atoms with van der Waals surface area (Å²) in [5.74, 6) is -1.90. The predicted octanol–water partition coefficient (Wildman–Crippen LogP) is 2.93. The normalized spacial score (nSPS) is 12.6. The van der Waals surface area contributed by atoms with Crippen LogP contribution in [0, 0.1) is 5.82 Å². The molecule has 2 atom stereocenters. The highest BCUT2D eigenvalue weighted by atomic mass is 19.1. The number of hydrogen-bond donors (Lipinski definition) is 2. The van der Waals surface area contributed by atoms with E-state index in [-0.39, 0.29) is 12.8 Å². The van der Waals surface area contributed by atoms with Gasteiger partial charge in [-0.25, -0.2) is 9.18 Å². The number of rotatable bonds is 8. The quantitative estimate of drug-likeness (QED) is 0.532.